The van der Waals surface area contributed by atoms with E-state index in [9.17, 15) is 18.0 Å². The van der Waals surface area contributed by atoms with Crippen molar-refractivity contribution in [1.82, 2.24) is 0 Å². The molecule has 0 bridgehead atoms. The minimum atomic E-state index is -4.52. The fraction of sp³-hybridized carbons (Fsp3) is 0.278. The number of halogens is 4. The second kappa shape index (κ2) is 7.35. The Hall–Kier alpha value is -2.21. The van der Waals surface area contributed by atoms with Crippen molar-refractivity contribution in [2.24, 2.45) is 0 Å². The van der Waals surface area contributed by atoms with Crippen molar-refractivity contribution in [1.29, 1.82) is 0 Å². The van der Waals surface area contributed by atoms with Crippen LogP contribution < -0.4 is 10.1 Å². The van der Waals surface area contributed by atoms with E-state index in [1.54, 1.807) is 6.07 Å². The molecular formula is C18H17ClF3NO2. The zero-order valence-corrected chi connectivity index (χ0v) is 14.6. The summed E-state index contributed by atoms with van der Waals surface area (Å²) < 4.78 is 43.9. The Kier molecular flexibility index (Phi) is 5.62. The van der Waals surface area contributed by atoms with Crippen molar-refractivity contribution in [3.05, 3.63) is 58.1 Å². The van der Waals surface area contributed by atoms with Crippen LogP contribution in [0.3, 0.4) is 0 Å². The number of carbonyl (C=O) groups excluding carboxylic acids is 1. The van der Waals surface area contributed by atoms with E-state index in [1.807, 2.05) is 26.0 Å². The molecule has 0 heterocycles. The Morgan fingerprint density at radius 3 is 2.44 bits per heavy atom. The van der Waals surface area contributed by atoms with Crippen LogP contribution in [0.2, 0.25) is 5.02 Å². The summed E-state index contributed by atoms with van der Waals surface area (Å²) >= 11 is 5.88. The zero-order chi connectivity index (χ0) is 18.8. The molecule has 3 nitrogen and oxygen atoms in total. The molecule has 0 aliphatic rings. The molecule has 134 valence electrons. The van der Waals surface area contributed by atoms with Gasteiger partial charge in [0, 0.05) is 0 Å². The number of hydrogen-bond acceptors (Lipinski definition) is 2. The van der Waals surface area contributed by atoms with Crippen molar-refractivity contribution in [3.8, 4) is 5.75 Å². The summed E-state index contributed by atoms with van der Waals surface area (Å²) in [4.78, 5) is 12.2. The van der Waals surface area contributed by atoms with E-state index < -0.39 is 23.8 Å². The zero-order valence-electron chi connectivity index (χ0n) is 13.9. The van der Waals surface area contributed by atoms with Gasteiger partial charge in [-0.25, -0.2) is 0 Å². The predicted octanol–water partition coefficient (Wildman–Crippen LogP) is 5.38. The lowest BCUT2D eigenvalue weighted by Gasteiger charge is -2.17. The summed E-state index contributed by atoms with van der Waals surface area (Å²) in [5, 5.41) is 2.39. The number of anilines is 1. The van der Waals surface area contributed by atoms with Crippen LogP contribution >= 0.6 is 11.6 Å². The molecule has 0 saturated heterocycles. The third-order valence-electron chi connectivity index (χ3n) is 3.55. The molecule has 0 aromatic heterocycles. The minimum absolute atomic E-state index is 0.0140. The smallest absolute Gasteiger partial charge is 0.416 e. The average Bonchev–Trinajstić information content (AvgIpc) is 2.50. The monoisotopic (exact) mass is 371 g/mol. The maximum Gasteiger partial charge on any atom is 0.416 e. The van der Waals surface area contributed by atoms with Gasteiger partial charge in [-0.05, 0) is 50.6 Å². The van der Waals surface area contributed by atoms with Gasteiger partial charge in [-0.1, -0.05) is 29.3 Å². The molecule has 0 aliphatic carbocycles. The van der Waals surface area contributed by atoms with Crippen molar-refractivity contribution in [2.45, 2.75) is 33.1 Å². The molecule has 0 saturated carbocycles. The minimum Gasteiger partial charge on any atom is -0.481 e. The fourth-order valence-corrected chi connectivity index (χ4v) is 2.37. The fourth-order valence-electron chi connectivity index (χ4n) is 2.21. The van der Waals surface area contributed by atoms with Crippen LogP contribution in [0.15, 0.2) is 36.4 Å². The maximum atomic E-state index is 12.8. The molecule has 2 aromatic carbocycles. The number of carbonyl (C=O) groups is 1. The van der Waals surface area contributed by atoms with Gasteiger partial charge in [-0.2, -0.15) is 13.2 Å². The van der Waals surface area contributed by atoms with Gasteiger partial charge in [0.25, 0.3) is 5.91 Å². The largest absolute Gasteiger partial charge is 0.481 e. The van der Waals surface area contributed by atoms with E-state index in [1.165, 1.54) is 6.92 Å². The molecule has 2 rings (SSSR count). The second-order valence-electron chi connectivity index (χ2n) is 5.71. The van der Waals surface area contributed by atoms with Gasteiger partial charge in [0.1, 0.15) is 5.75 Å². The molecule has 25 heavy (non-hydrogen) atoms. The number of rotatable bonds is 4. The quantitative estimate of drug-likeness (QED) is 0.783. The molecule has 1 N–H and O–H groups in total. The lowest BCUT2D eigenvalue weighted by molar-refractivity contribution is -0.137. The molecule has 0 aliphatic heterocycles. The van der Waals surface area contributed by atoms with Gasteiger partial charge >= 0.3 is 6.18 Å². The van der Waals surface area contributed by atoms with E-state index >= 15 is 0 Å². The lowest BCUT2D eigenvalue weighted by atomic mass is 10.1. The van der Waals surface area contributed by atoms with Crippen molar-refractivity contribution < 1.29 is 22.7 Å². The summed E-state index contributed by atoms with van der Waals surface area (Å²) in [5.74, 6) is -0.0652. The summed E-state index contributed by atoms with van der Waals surface area (Å²) in [5.41, 5.74) is 0.905. The van der Waals surface area contributed by atoms with Crippen LogP contribution in [0.4, 0.5) is 18.9 Å². The molecule has 2 aromatic rings. The van der Waals surface area contributed by atoms with Crippen LogP contribution in [-0.2, 0) is 11.0 Å². The summed E-state index contributed by atoms with van der Waals surface area (Å²) in [6.07, 6.45) is -5.43. The number of hydrogen-bond donors (Lipinski definition) is 1. The normalized spacial score (nSPS) is 12.6. The SMILES string of the molecule is Cc1ccc(OC(C)C(=O)Nc2cc(C(F)(F)F)ccc2Cl)c(C)c1. The van der Waals surface area contributed by atoms with E-state index in [-0.39, 0.29) is 10.7 Å². The number of aryl methyl sites for hydroxylation is 2. The predicted molar refractivity (Wildman–Crippen MR) is 91.1 cm³/mol. The number of alkyl halides is 3. The van der Waals surface area contributed by atoms with Crippen LogP contribution in [0.5, 0.6) is 5.75 Å². The highest BCUT2D eigenvalue weighted by Gasteiger charge is 2.31. The molecule has 1 amide bonds. The van der Waals surface area contributed by atoms with Gasteiger partial charge in [-0.15, -0.1) is 0 Å². The van der Waals surface area contributed by atoms with E-state index in [0.29, 0.717) is 5.75 Å². The number of benzene rings is 2. The van der Waals surface area contributed by atoms with Crippen molar-refractivity contribution in [3.63, 3.8) is 0 Å². The van der Waals surface area contributed by atoms with Gasteiger partial charge in [0.2, 0.25) is 0 Å². The Labute approximate surface area is 148 Å². The van der Waals surface area contributed by atoms with Crippen LogP contribution in [-0.4, -0.2) is 12.0 Å². The Morgan fingerprint density at radius 2 is 1.84 bits per heavy atom. The molecule has 1 atom stereocenters. The van der Waals surface area contributed by atoms with Crippen LogP contribution in [0, 0.1) is 13.8 Å². The number of nitrogens with one attached hydrogen (secondary N) is 1. The Morgan fingerprint density at radius 1 is 1.16 bits per heavy atom. The highest BCUT2D eigenvalue weighted by molar-refractivity contribution is 6.33. The standard InChI is InChI=1S/C18H17ClF3NO2/c1-10-4-7-16(11(2)8-10)25-12(3)17(24)23-15-9-13(18(20,21)22)5-6-14(15)19/h4-9,12H,1-3H3,(H,23,24). The summed E-state index contributed by atoms with van der Waals surface area (Å²) in [6, 6.07) is 8.24. The van der Waals surface area contributed by atoms with Gasteiger partial charge in [0.15, 0.2) is 6.10 Å². The number of amides is 1. The first kappa shape index (κ1) is 19.1. The average molecular weight is 372 g/mol. The van der Waals surface area contributed by atoms with E-state index in [0.717, 1.165) is 29.3 Å². The first-order valence-corrected chi connectivity index (χ1v) is 7.87. The second-order valence-corrected chi connectivity index (χ2v) is 6.12. The third-order valence-corrected chi connectivity index (χ3v) is 3.88. The van der Waals surface area contributed by atoms with E-state index in [4.69, 9.17) is 16.3 Å². The molecule has 0 fully saturated rings. The molecule has 1 unspecified atom stereocenters. The van der Waals surface area contributed by atoms with Gasteiger partial charge < -0.3 is 10.1 Å². The molecule has 7 heteroatoms. The van der Waals surface area contributed by atoms with Gasteiger partial charge in [-0.3, -0.25) is 4.79 Å². The third kappa shape index (κ3) is 4.89. The molecule has 0 radical (unpaired) electrons. The first-order chi connectivity index (χ1) is 11.6. The van der Waals surface area contributed by atoms with Gasteiger partial charge in [0.05, 0.1) is 16.3 Å². The van der Waals surface area contributed by atoms with Crippen LogP contribution in [0.25, 0.3) is 0 Å². The molecule has 0 spiro atoms. The number of ether oxygens (including phenoxy) is 1. The topological polar surface area (TPSA) is 38.3 Å². The summed E-state index contributed by atoms with van der Waals surface area (Å²) in [7, 11) is 0. The molecular weight excluding hydrogens is 355 g/mol. The highest BCUT2D eigenvalue weighted by Crippen LogP contribution is 2.34. The first-order valence-electron chi connectivity index (χ1n) is 7.49. The Bertz CT molecular complexity index is 790. The van der Waals surface area contributed by atoms with Crippen LogP contribution in [0.1, 0.15) is 23.6 Å². The van der Waals surface area contributed by atoms with Crippen molar-refractivity contribution in [2.75, 3.05) is 5.32 Å². The highest BCUT2D eigenvalue weighted by atomic mass is 35.5. The van der Waals surface area contributed by atoms with E-state index in [2.05, 4.69) is 5.32 Å². The van der Waals surface area contributed by atoms with Crippen molar-refractivity contribution >= 4 is 23.2 Å². The maximum absolute atomic E-state index is 12.8. The Balaban J connectivity index is 2.13. The lowest BCUT2D eigenvalue weighted by Crippen LogP contribution is -2.30. The summed E-state index contributed by atoms with van der Waals surface area (Å²) in [6.45, 7) is 5.29.